The van der Waals surface area contributed by atoms with Gasteiger partial charge in [-0.3, -0.25) is 14.4 Å². The molecule has 0 unspecified atom stereocenters. The number of ether oxygens (including phenoxy) is 2. The molecule has 10 nitrogen and oxygen atoms in total. The average molecular weight is 654 g/mol. The van der Waals surface area contributed by atoms with E-state index >= 15 is 0 Å². The highest BCUT2D eigenvalue weighted by molar-refractivity contribution is 7.92. The van der Waals surface area contributed by atoms with E-state index in [2.05, 4.69) is 24.4 Å². The van der Waals surface area contributed by atoms with Crippen molar-refractivity contribution in [2.24, 2.45) is 0 Å². The monoisotopic (exact) mass is 653 g/mol. The van der Waals surface area contributed by atoms with Gasteiger partial charge in [0.2, 0.25) is 5.91 Å². The Morgan fingerprint density at radius 1 is 1.07 bits per heavy atom. The molecule has 16 heteroatoms. The van der Waals surface area contributed by atoms with Crippen molar-refractivity contribution >= 4 is 44.9 Å². The van der Waals surface area contributed by atoms with Crippen molar-refractivity contribution in [2.75, 3.05) is 23.3 Å². The van der Waals surface area contributed by atoms with E-state index in [0.717, 1.165) is 18.3 Å². The molecule has 0 saturated carbocycles. The number of rotatable bonds is 10. The highest BCUT2D eigenvalue weighted by Crippen LogP contribution is 2.42. The Morgan fingerprint density at radius 3 is 2.43 bits per heavy atom. The van der Waals surface area contributed by atoms with E-state index in [1.807, 2.05) is 0 Å². The number of nitrogens with one attached hydrogen (secondary N) is 1. The number of hydrogen-bond acceptors (Lipinski definition) is 8. The number of carbonyl (C=O) groups is 1. The Labute approximate surface area is 254 Å². The molecule has 44 heavy (non-hydrogen) atoms. The van der Waals surface area contributed by atoms with Crippen molar-refractivity contribution in [3.8, 4) is 22.6 Å². The number of carbonyl (C=O) groups excluding carboxylic acids is 1. The average Bonchev–Trinajstić information content (AvgIpc) is 2.96. The number of nitrogens with zero attached hydrogens (tertiary/aromatic N) is 4. The van der Waals surface area contributed by atoms with Crippen LogP contribution in [-0.2, 0) is 14.8 Å². The van der Waals surface area contributed by atoms with Gasteiger partial charge in [0, 0.05) is 24.4 Å². The summed E-state index contributed by atoms with van der Waals surface area (Å²) in [6.45, 7) is 1.51. The van der Waals surface area contributed by atoms with Gasteiger partial charge in [-0.1, -0.05) is 24.6 Å². The van der Waals surface area contributed by atoms with Crippen LogP contribution in [0.25, 0.3) is 11.1 Å². The number of aryl methyl sites for hydroxylation is 1. The topological polar surface area (TPSA) is 124 Å². The maximum Gasteiger partial charge on any atom is 0.422 e. The normalized spacial score (nSPS) is 11.6. The molecule has 0 aliphatic carbocycles. The zero-order valence-corrected chi connectivity index (χ0v) is 24.9. The van der Waals surface area contributed by atoms with Crippen molar-refractivity contribution in [3.05, 3.63) is 77.6 Å². The fourth-order valence-corrected chi connectivity index (χ4v) is 5.17. The molecule has 0 radical (unpaired) electrons. The molecule has 232 valence electrons. The zero-order chi connectivity index (χ0) is 32.2. The summed E-state index contributed by atoms with van der Waals surface area (Å²) in [6, 6.07) is 10.0. The minimum absolute atomic E-state index is 0.0107. The predicted molar refractivity (Wildman–Crippen MR) is 154 cm³/mol. The van der Waals surface area contributed by atoms with Gasteiger partial charge in [-0.2, -0.15) is 13.2 Å². The number of hydrogen-bond donors (Lipinski definition) is 1. The molecular weight excluding hydrogens is 630 g/mol. The molecule has 1 N–H and O–H groups in total. The Morgan fingerprint density at radius 2 is 1.82 bits per heavy atom. The molecular formula is C28H24ClF4N5O5S. The van der Waals surface area contributed by atoms with Crippen LogP contribution in [0.2, 0.25) is 5.02 Å². The number of alkyl halides is 3. The Bertz CT molecular complexity index is 1790. The number of methoxy groups -OCH3 is 1. The highest BCUT2D eigenvalue weighted by Gasteiger charge is 2.29. The molecule has 0 aliphatic rings. The lowest BCUT2D eigenvalue weighted by Crippen LogP contribution is -2.26. The molecule has 0 spiro atoms. The molecule has 0 fully saturated rings. The number of pyridine rings is 1. The number of aromatic nitrogens is 3. The first kappa shape index (κ1) is 32.4. The molecule has 0 aliphatic heterocycles. The van der Waals surface area contributed by atoms with E-state index in [0.29, 0.717) is 5.82 Å². The molecule has 4 aromatic rings. The standard InChI is InChI=1S/C28H24ClF4N5O5S/c1-4-27(39)38(26-8-6-18(14-35-26)44(40,41)37-25-9-10-34-16(2)36-25)22-13-20(29)19(12-24(22)42-3)17-5-7-21(30)23(11-17)43-15-28(31,32)33/h5-14H,4,15H2,1-3H3,(H,34,36,37). The summed E-state index contributed by atoms with van der Waals surface area (Å²) in [5.74, 6) is -1.52. The zero-order valence-electron chi connectivity index (χ0n) is 23.3. The van der Waals surface area contributed by atoms with Crippen LogP contribution in [0, 0.1) is 12.7 Å². The summed E-state index contributed by atoms with van der Waals surface area (Å²) in [6.07, 6.45) is -2.21. The van der Waals surface area contributed by atoms with Gasteiger partial charge in [-0.25, -0.2) is 27.8 Å². The van der Waals surface area contributed by atoms with E-state index in [-0.39, 0.29) is 50.5 Å². The van der Waals surface area contributed by atoms with Gasteiger partial charge < -0.3 is 9.47 Å². The lowest BCUT2D eigenvalue weighted by Gasteiger charge is -2.25. The van der Waals surface area contributed by atoms with Crippen LogP contribution in [0.4, 0.5) is 34.9 Å². The fraction of sp³-hybridized carbons (Fsp3) is 0.214. The van der Waals surface area contributed by atoms with Crippen LogP contribution in [-0.4, -0.2) is 49.2 Å². The lowest BCUT2D eigenvalue weighted by molar-refractivity contribution is -0.153. The van der Waals surface area contributed by atoms with Crippen molar-refractivity contribution in [3.63, 3.8) is 0 Å². The second kappa shape index (κ2) is 13.0. The molecule has 0 atom stereocenters. The summed E-state index contributed by atoms with van der Waals surface area (Å²) in [7, 11) is -2.77. The van der Waals surface area contributed by atoms with Crippen LogP contribution in [0.5, 0.6) is 11.5 Å². The van der Waals surface area contributed by atoms with Crippen LogP contribution in [0.1, 0.15) is 19.2 Å². The van der Waals surface area contributed by atoms with Gasteiger partial charge >= 0.3 is 6.18 Å². The first-order chi connectivity index (χ1) is 20.7. The minimum atomic E-state index is -4.68. The van der Waals surface area contributed by atoms with Crippen LogP contribution >= 0.6 is 11.6 Å². The van der Waals surface area contributed by atoms with Crippen LogP contribution in [0.3, 0.4) is 0 Å². The van der Waals surface area contributed by atoms with Gasteiger partial charge in [-0.05, 0) is 55.0 Å². The van der Waals surface area contributed by atoms with Crippen molar-refractivity contribution in [2.45, 2.75) is 31.3 Å². The first-order valence-corrected chi connectivity index (χ1v) is 14.6. The third-order valence-corrected chi connectivity index (χ3v) is 7.62. The predicted octanol–water partition coefficient (Wildman–Crippen LogP) is 6.46. The Kier molecular flexibility index (Phi) is 9.59. The van der Waals surface area contributed by atoms with E-state index in [9.17, 15) is 30.8 Å². The minimum Gasteiger partial charge on any atom is -0.495 e. The second-order valence-corrected chi connectivity index (χ2v) is 11.2. The summed E-state index contributed by atoms with van der Waals surface area (Å²) in [4.78, 5) is 26.2. The largest absolute Gasteiger partial charge is 0.495 e. The maximum absolute atomic E-state index is 14.2. The SMILES string of the molecule is CCC(=O)N(c1ccc(S(=O)(=O)Nc2ccnc(C)n2)cn1)c1cc(Cl)c(-c2ccc(F)c(OCC(F)(F)F)c2)cc1OC. The molecule has 4 rings (SSSR count). The third kappa shape index (κ3) is 7.52. The maximum atomic E-state index is 14.2. The Hall–Kier alpha value is -4.50. The summed E-state index contributed by atoms with van der Waals surface area (Å²) < 4.78 is 90.3. The Balaban J connectivity index is 1.70. The van der Waals surface area contributed by atoms with Crippen molar-refractivity contribution in [1.82, 2.24) is 15.0 Å². The number of anilines is 3. The van der Waals surface area contributed by atoms with Gasteiger partial charge in [0.25, 0.3) is 10.0 Å². The quantitative estimate of drug-likeness (QED) is 0.193. The van der Waals surface area contributed by atoms with Gasteiger partial charge in [0.05, 0.1) is 17.8 Å². The molecule has 0 saturated heterocycles. The first-order valence-electron chi connectivity index (χ1n) is 12.7. The van der Waals surface area contributed by atoms with Crippen molar-refractivity contribution < 1.29 is 40.2 Å². The van der Waals surface area contributed by atoms with E-state index in [1.165, 1.54) is 54.6 Å². The number of sulfonamides is 1. The molecule has 2 aromatic carbocycles. The third-order valence-electron chi connectivity index (χ3n) is 5.97. The van der Waals surface area contributed by atoms with Gasteiger partial charge in [0.1, 0.15) is 28.1 Å². The highest BCUT2D eigenvalue weighted by atomic mass is 35.5. The van der Waals surface area contributed by atoms with Crippen LogP contribution in [0.15, 0.2) is 65.8 Å². The number of benzene rings is 2. The van der Waals surface area contributed by atoms with Gasteiger partial charge in [-0.15, -0.1) is 0 Å². The van der Waals surface area contributed by atoms with Gasteiger partial charge in [0.15, 0.2) is 18.2 Å². The number of amides is 1. The molecule has 1 amide bonds. The van der Waals surface area contributed by atoms with E-state index in [1.54, 1.807) is 13.8 Å². The van der Waals surface area contributed by atoms with E-state index in [4.69, 9.17) is 16.3 Å². The summed E-state index contributed by atoms with van der Waals surface area (Å²) >= 11 is 6.56. The smallest absolute Gasteiger partial charge is 0.422 e. The molecule has 2 aromatic heterocycles. The second-order valence-electron chi connectivity index (χ2n) is 9.08. The molecule has 2 heterocycles. The van der Waals surface area contributed by atoms with Crippen molar-refractivity contribution in [1.29, 1.82) is 0 Å². The lowest BCUT2D eigenvalue weighted by atomic mass is 10.0. The molecule has 0 bridgehead atoms. The van der Waals surface area contributed by atoms with E-state index < -0.39 is 40.3 Å². The van der Waals surface area contributed by atoms with Crippen LogP contribution < -0.4 is 19.1 Å². The fourth-order valence-electron chi connectivity index (χ4n) is 3.96. The summed E-state index contributed by atoms with van der Waals surface area (Å²) in [5, 5.41) is 0.0339. The summed E-state index contributed by atoms with van der Waals surface area (Å²) in [5.41, 5.74) is 0.598. The number of halogens is 5.